The molecule has 0 unspecified atom stereocenters. The fraction of sp³-hybridized carbons (Fsp3) is 0.667. The average Bonchev–Trinajstić information content (AvgIpc) is 3.30. The van der Waals surface area contributed by atoms with Gasteiger partial charge in [-0.2, -0.15) is 5.10 Å². The van der Waals surface area contributed by atoms with Crippen LogP contribution in [0.15, 0.2) is 18.5 Å². The Bertz CT molecular complexity index is 910. The minimum absolute atomic E-state index is 0.0807. The number of rotatable bonds is 5. The lowest BCUT2D eigenvalue weighted by Gasteiger charge is -2.43. The highest BCUT2D eigenvalue weighted by molar-refractivity contribution is 7.90. The Hall–Kier alpha value is -1.22. The van der Waals surface area contributed by atoms with Crippen LogP contribution < -0.4 is 0 Å². The fourth-order valence-electron chi connectivity index (χ4n) is 4.13. The van der Waals surface area contributed by atoms with E-state index in [1.165, 1.54) is 21.6 Å². The number of piperidine rings is 1. The molecule has 2 aliphatic heterocycles. The summed E-state index contributed by atoms with van der Waals surface area (Å²) in [6, 6.07) is 2.33. The van der Waals surface area contributed by atoms with Gasteiger partial charge in [0.1, 0.15) is 15.4 Å². The Morgan fingerprint density at radius 1 is 1.28 bits per heavy atom. The molecule has 0 saturated carbocycles. The van der Waals surface area contributed by atoms with Gasteiger partial charge in [0.15, 0.2) is 0 Å². The van der Waals surface area contributed by atoms with Crippen molar-refractivity contribution in [2.75, 3.05) is 31.7 Å². The van der Waals surface area contributed by atoms with E-state index in [9.17, 15) is 8.42 Å². The van der Waals surface area contributed by atoms with Gasteiger partial charge in [0.05, 0.1) is 25.1 Å². The quantitative estimate of drug-likeness (QED) is 0.715. The number of sulfone groups is 1. The monoisotopic (exact) mass is 439 g/mol. The average molecular weight is 440 g/mol. The van der Waals surface area contributed by atoms with E-state index in [1.807, 2.05) is 37.6 Å². The van der Waals surface area contributed by atoms with Gasteiger partial charge >= 0.3 is 0 Å². The number of thiophene rings is 1. The molecule has 162 valence electrons. The second-order valence-electron chi connectivity index (χ2n) is 7.82. The topological polar surface area (TPSA) is 64.4 Å². The van der Waals surface area contributed by atoms with Gasteiger partial charge in [-0.25, -0.2) is 8.42 Å². The molecule has 2 aromatic heterocycles. The minimum Gasteiger partial charge on any atom is -0.369 e. The summed E-state index contributed by atoms with van der Waals surface area (Å²) in [6.45, 7) is 10.3. The summed E-state index contributed by atoms with van der Waals surface area (Å²) < 4.78 is 30.7. The smallest absolute Gasteiger partial charge is 0.149 e. The van der Waals surface area contributed by atoms with E-state index in [0.29, 0.717) is 6.54 Å². The van der Waals surface area contributed by atoms with Gasteiger partial charge in [0.25, 0.3) is 0 Å². The summed E-state index contributed by atoms with van der Waals surface area (Å²) in [5.74, 6) is 0.125. The third-order valence-corrected chi connectivity index (χ3v) is 7.75. The minimum atomic E-state index is -2.96. The van der Waals surface area contributed by atoms with E-state index in [2.05, 4.69) is 23.0 Å². The number of aryl methyl sites for hydroxylation is 2. The SMILES string of the molecule is CC.Cc1cc2c(s1)C1(CCN(Cc3cnn(CCS(C)(=O)=O)c3)CC1)OCC2. The number of ether oxygens (including phenoxy) is 1. The zero-order valence-electron chi connectivity index (χ0n) is 18.0. The second-order valence-corrected chi connectivity index (χ2v) is 11.3. The van der Waals surface area contributed by atoms with Crippen LogP contribution in [-0.2, 0) is 39.7 Å². The van der Waals surface area contributed by atoms with Crippen LogP contribution in [-0.4, -0.2) is 54.8 Å². The molecule has 1 saturated heterocycles. The standard InChI is InChI=1S/C19H27N3O3S2.C2H6/c1-15-11-17-3-9-25-19(18(17)26-15)4-6-21(7-5-19)13-16-12-20-22(14-16)8-10-27(2,23)24;1-2/h11-12,14H,3-10,13H2,1-2H3;1-2H3. The van der Waals surface area contributed by atoms with Crippen molar-refractivity contribution in [2.45, 2.75) is 58.7 Å². The second kappa shape index (κ2) is 9.29. The molecule has 8 heteroatoms. The molecule has 0 aliphatic carbocycles. The largest absolute Gasteiger partial charge is 0.369 e. The van der Waals surface area contributed by atoms with Crippen LogP contribution in [0.2, 0.25) is 0 Å². The molecule has 2 aliphatic rings. The molecule has 0 amide bonds. The number of nitrogens with zero attached hydrogens (tertiary/aromatic N) is 3. The van der Waals surface area contributed by atoms with Crippen LogP contribution >= 0.6 is 11.3 Å². The first-order valence-electron chi connectivity index (χ1n) is 10.5. The predicted molar refractivity (Wildman–Crippen MR) is 118 cm³/mol. The molecule has 1 fully saturated rings. The van der Waals surface area contributed by atoms with E-state index in [1.54, 1.807) is 4.68 Å². The van der Waals surface area contributed by atoms with Crippen LogP contribution in [0.3, 0.4) is 0 Å². The van der Waals surface area contributed by atoms with Crippen molar-refractivity contribution in [1.82, 2.24) is 14.7 Å². The van der Waals surface area contributed by atoms with Crippen molar-refractivity contribution in [2.24, 2.45) is 0 Å². The number of hydrogen-bond acceptors (Lipinski definition) is 6. The molecule has 4 heterocycles. The number of aromatic nitrogens is 2. The highest BCUT2D eigenvalue weighted by Crippen LogP contribution is 2.45. The number of likely N-dealkylation sites (tertiary alicyclic amines) is 1. The number of hydrogen-bond donors (Lipinski definition) is 0. The van der Waals surface area contributed by atoms with E-state index < -0.39 is 9.84 Å². The summed E-state index contributed by atoms with van der Waals surface area (Å²) >= 11 is 1.91. The first kappa shape index (κ1) is 22.5. The zero-order chi connectivity index (χ0) is 21.1. The highest BCUT2D eigenvalue weighted by atomic mass is 32.2. The van der Waals surface area contributed by atoms with Crippen molar-refractivity contribution in [1.29, 1.82) is 0 Å². The van der Waals surface area contributed by atoms with Gasteiger partial charge in [0.2, 0.25) is 0 Å². The molecule has 6 nitrogen and oxygen atoms in total. The maximum Gasteiger partial charge on any atom is 0.149 e. The molecule has 0 bridgehead atoms. The molecule has 2 aromatic rings. The Labute approximate surface area is 178 Å². The molecular formula is C21H33N3O3S2. The summed E-state index contributed by atoms with van der Waals surface area (Å²) in [4.78, 5) is 5.29. The maximum absolute atomic E-state index is 11.3. The Balaban J connectivity index is 0.00000117. The summed E-state index contributed by atoms with van der Waals surface area (Å²) in [5, 5.41) is 4.30. The van der Waals surface area contributed by atoms with Crippen molar-refractivity contribution >= 4 is 21.2 Å². The normalized spacial score (nSPS) is 18.9. The van der Waals surface area contributed by atoms with Gasteiger partial charge < -0.3 is 4.74 Å². The van der Waals surface area contributed by atoms with Crippen molar-refractivity contribution in [3.05, 3.63) is 39.3 Å². The van der Waals surface area contributed by atoms with E-state index in [0.717, 1.165) is 51.1 Å². The molecule has 4 rings (SSSR count). The summed E-state index contributed by atoms with van der Waals surface area (Å²) in [6.07, 6.45) is 8.18. The van der Waals surface area contributed by atoms with Crippen molar-refractivity contribution < 1.29 is 13.2 Å². The zero-order valence-corrected chi connectivity index (χ0v) is 19.6. The van der Waals surface area contributed by atoms with Crippen LogP contribution in [0.4, 0.5) is 0 Å². The number of fused-ring (bicyclic) bond motifs is 2. The Morgan fingerprint density at radius 2 is 2.00 bits per heavy atom. The first-order valence-corrected chi connectivity index (χ1v) is 13.4. The molecule has 0 aromatic carbocycles. The van der Waals surface area contributed by atoms with Crippen LogP contribution in [0, 0.1) is 6.92 Å². The van der Waals surface area contributed by atoms with Gasteiger partial charge in [-0.3, -0.25) is 9.58 Å². The molecule has 0 N–H and O–H groups in total. The summed E-state index contributed by atoms with van der Waals surface area (Å²) in [7, 11) is -2.96. The third kappa shape index (κ3) is 5.48. The molecule has 29 heavy (non-hydrogen) atoms. The van der Waals surface area contributed by atoms with E-state index in [4.69, 9.17) is 4.74 Å². The van der Waals surface area contributed by atoms with Crippen molar-refractivity contribution in [3.63, 3.8) is 0 Å². The third-order valence-electron chi connectivity index (χ3n) is 5.54. The lowest BCUT2D eigenvalue weighted by molar-refractivity contribution is -0.0960. The lowest BCUT2D eigenvalue weighted by Crippen LogP contribution is -2.45. The molecule has 1 spiro atoms. The Morgan fingerprint density at radius 3 is 2.69 bits per heavy atom. The highest BCUT2D eigenvalue weighted by Gasteiger charge is 2.42. The van der Waals surface area contributed by atoms with Crippen LogP contribution in [0.5, 0.6) is 0 Å². The predicted octanol–water partition coefficient (Wildman–Crippen LogP) is 3.39. The van der Waals surface area contributed by atoms with Crippen LogP contribution in [0.25, 0.3) is 0 Å². The Kier molecular flexibility index (Phi) is 7.19. The fourth-order valence-corrected chi connectivity index (χ4v) is 5.91. The lowest BCUT2D eigenvalue weighted by atomic mass is 9.85. The van der Waals surface area contributed by atoms with Crippen molar-refractivity contribution in [3.8, 4) is 0 Å². The van der Waals surface area contributed by atoms with Gasteiger partial charge in [-0.15, -0.1) is 11.3 Å². The molecule has 0 radical (unpaired) electrons. The van der Waals surface area contributed by atoms with E-state index >= 15 is 0 Å². The summed E-state index contributed by atoms with van der Waals surface area (Å²) in [5.41, 5.74) is 2.55. The van der Waals surface area contributed by atoms with Gasteiger partial charge in [-0.05, 0) is 37.8 Å². The van der Waals surface area contributed by atoms with Crippen LogP contribution in [0.1, 0.15) is 47.6 Å². The first-order chi connectivity index (χ1) is 13.8. The molecule has 0 atom stereocenters. The maximum atomic E-state index is 11.3. The van der Waals surface area contributed by atoms with E-state index in [-0.39, 0.29) is 11.4 Å². The van der Waals surface area contributed by atoms with Gasteiger partial charge in [0, 0.05) is 47.4 Å². The van der Waals surface area contributed by atoms with Gasteiger partial charge in [-0.1, -0.05) is 13.8 Å². The molecular weight excluding hydrogens is 406 g/mol.